The quantitative estimate of drug-likeness (QED) is 0.319. The van der Waals surface area contributed by atoms with Crippen LogP contribution in [0.5, 0.6) is 0 Å². The zero-order valence-corrected chi connectivity index (χ0v) is 11.8. The van der Waals surface area contributed by atoms with E-state index < -0.39 is 16.1 Å². The Bertz CT molecular complexity index is 831. The second-order valence-corrected chi connectivity index (χ2v) is 5.58. The number of rotatable bonds is 3. The van der Waals surface area contributed by atoms with Gasteiger partial charge in [0.05, 0.1) is 15.8 Å². The van der Waals surface area contributed by atoms with Crippen molar-refractivity contribution in [1.29, 1.82) is 0 Å². The lowest BCUT2D eigenvalue weighted by Crippen LogP contribution is -2.06. The van der Waals surface area contributed by atoms with Gasteiger partial charge in [0, 0.05) is 35.7 Å². The van der Waals surface area contributed by atoms with E-state index in [4.69, 9.17) is 0 Å². The lowest BCUT2D eigenvalue weighted by molar-refractivity contribution is -0.383. The SMILES string of the molecule is C[S+]([O-])c1nccc(-n2ccc3c([N+](=O)[O-])cccc32)n1. The Morgan fingerprint density at radius 2 is 2.10 bits per heavy atom. The molecule has 3 aromatic rings. The first-order valence-corrected chi connectivity index (χ1v) is 7.55. The highest BCUT2D eigenvalue weighted by Crippen LogP contribution is 2.27. The summed E-state index contributed by atoms with van der Waals surface area (Å²) in [6, 6.07) is 8.18. The number of benzene rings is 1. The molecule has 0 amide bonds. The van der Waals surface area contributed by atoms with Crippen molar-refractivity contribution in [2.45, 2.75) is 5.16 Å². The molecule has 0 aliphatic rings. The zero-order valence-electron chi connectivity index (χ0n) is 11.0. The molecule has 0 aliphatic carbocycles. The molecule has 0 saturated heterocycles. The molecule has 0 spiro atoms. The first-order valence-electron chi connectivity index (χ1n) is 5.99. The van der Waals surface area contributed by atoms with Crippen LogP contribution < -0.4 is 0 Å². The second kappa shape index (κ2) is 5.15. The van der Waals surface area contributed by atoms with E-state index in [1.807, 2.05) is 0 Å². The van der Waals surface area contributed by atoms with Gasteiger partial charge in [-0.15, -0.1) is 0 Å². The van der Waals surface area contributed by atoms with Crippen molar-refractivity contribution in [3.05, 3.63) is 52.8 Å². The first-order chi connectivity index (χ1) is 10.1. The second-order valence-electron chi connectivity index (χ2n) is 4.30. The third kappa shape index (κ3) is 2.34. The summed E-state index contributed by atoms with van der Waals surface area (Å²) in [5, 5.41) is 11.8. The van der Waals surface area contributed by atoms with E-state index in [2.05, 4.69) is 9.97 Å². The van der Waals surface area contributed by atoms with Crippen molar-refractivity contribution in [1.82, 2.24) is 14.5 Å². The van der Waals surface area contributed by atoms with Crippen molar-refractivity contribution in [2.24, 2.45) is 0 Å². The topological polar surface area (TPSA) is 96.9 Å². The normalized spacial score (nSPS) is 12.5. The summed E-state index contributed by atoms with van der Waals surface area (Å²) in [4.78, 5) is 18.8. The molecule has 8 heteroatoms. The van der Waals surface area contributed by atoms with Gasteiger partial charge in [0.2, 0.25) is 0 Å². The van der Waals surface area contributed by atoms with Crippen molar-refractivity contribution >= 4 is 27.8 Å². The Labute approximate surface area is 122 Å². The van der Waals surface area contributed by atoms with Crippen molar-refractivity contribution < 1.29 is 9.48 Å². The van der Waals surface area contributed by atoms with Crippen LogP contribution in [0.25, 0.3) is 16.7 Å². The number of hydrogen-bond donors (Lipinski definition) is 0. The number of nitro benzene ring substituents is 1. The maximum Gasteiger partial charge on any atom is 0.344 e. The predicted octanol–water partition coefficient (Wildman–Crippen LogP) is 2.07. The average Bonchev–Trinajstić information content (AvgIpc) is 2.91. The summed E-state index contributed by atoms with van der Waals surface area (Å²) < 4.78 is 13.2. The fraction of sp³-hybridized carbons (Fsp3) is 0.0769. The Hall–Kier alpha value is -2.45. The molecule has 0 radical (unpaired) electrons. The van der Waals surface area contributed by atoms with Gasteiger partial charge in [0.1, 0.15) is 12.1 Å². The maximum atomic E-state index is 11.5. The molecule has 0 saturated carbocycles. The van der Waals surface area contributed by atoms with Gasteiger partial charge in [-0.1, -0.05) is 6.07 Å². The molecular weight excluding hydrogens is 292 g/mol. The average molecular weight is 302 g/mol. The predicted molar refractivity (Wildman–Crippen MR) is 77.9 cm³/mol. The molecule has 21 heavy (non-hydrogen) atoms. The van der Waals surface area contributed by atoms with Crippen molar-refractivity contribution in [2.75, 3.05) is 6.26 Å². The van der Waals surface area contributed by atoms with Crippen LogP contribution >= 0.6 is 0 Å². The Balaban J connectivity index is 2.20. The number of hydrogen-bond acceptors (Lipinski definition) is 5. The minimum Gasteiger partial charge on any atom is -0.609 e. The molecule has 106 valence electrons. The lowest BCUT2D eigenvalue weighted by atomic mass is 10.2. The van der Waals surface area contributed by atoms with Crippen LogP contribution in [-0.4, -0.2) is 30.3 Å². The lowest BCUT2D eigenvalue weighted by Gasteiger charge is -2.06. The molecule has 2 heterocycles. The van der Waals surface area contributed by atoms with Crippen LogP contribution in [0.4, 0.5) is 5.69 Å². The smallest absolute Gasteiger partial charge is 0.344 e. The molecule has 7 nitrogen and oxygen atoms in total. The minimum absolute atomic E-state index is 0.0413. The van der Waals surface area contributed by atoms with Gasteiger partial charge in [-0.05, 0) is 12.1 Å². The summed E-state index contributed by atoms with van der Waals surface area (Å²) in [6.07, 6.45) is 4.71. The molecule has 1 unspecified atom stereocenters. The largest absolute Gasteiger partial charge is 0.609 e. The van der Waals surface area contributed by atoms with Crippen LogP contribution in [0.2, 0.25) is 0 Å². The fourth-order valence-corrected chi connectivity index (χ4v) is 2.55. The van der Waals surface area contributed by atoms with Gasteiger partial charge in [-0.25, -0.2) is 0 Å². The molecule has 0 bridgehead atoms. The van der Waals surface area contributed by atoms with E-state index in [1.165, 1.54) is 18.5 Å². The summed E-state index contributed by atoms with van der Waals surface area (Å²) in [7, 11) is 0. The molecule has 0 fully saturated rings. The summed E-state index contributed by atoms with van der Waals surface area (Å²) >= 11 is -1.29. The van der Waals surface area contributed by atoms with Crippen LogP contribution in [0.15, 0.2) is 47.9 Å². The van der Waals surface area contributed by atoms with Crippen LogP contribution in [-0.2, 0) is 11.2 Å². The highest BCUT2D eigenvalue weighted by Gasteiger charge is 2.16. The highest BCUT2D eigenvalue weighted by molar-refractivity contribution is 7.90. The third-order valence-electron chi connectivity index (χ3n) is 3.03. The van der Waals surface area contributed by atoms with E-state index >= 15 is 0 Å². The number of nitrogens with zero attached hydrogens (tertiary/aromatic N) is 4. The van der Waals surface area contributed by atoms with E-state index in [0.29, 0.717) is 16.7 Å². The Morgan fingerprint density at radius 3 is 2.81 bits per heavy atom. The highest BCUT2D eigenvalue weighted by atomic mass is 32.2. The van der Waals surface area contributed by atoms with Gasteiger partial charge in [0.15, 0.2) is 0 Å². The van der Waals surface area contributed by atoms with E-state index in [9.17, 15) is 14.7 Å². The van der Waals surface area contributed by atoms with Crippen molar-refractivity contribution in [3.8, 4) is 5.82 Å². The molecule has 1 aromatic carbocycles. The molecule has 0 N–H and O–H groups in total. The standard InChI is InChI=1S/C13H10N4O3S/c1-21(20)13-14-7-5-12(15-13)16-8-6-9-10(16)3-2-4-11(9)17(18)19/h2-8H,1H3. The first kappa shape index (κ1) is 13.5. The van der Waals surface area contributed by atoms with E-state index in [1.54, 1.807) is 35.0 Å². The van der Waals surface area contributed by atoms with Crippen LogP contribution in [0.3, 0.4) is 0 Å². The van der Waals surface area contributed by atoms with E-state index in [0.717, 1.165) is 0 Å². The number of nitro groups is 1. The summed E-state index contributed by atoms with van der Waals surface area (Å²) in [5.41, 5.74) is 0.704. The van der Waals surface area contributed by atoms with Crippen molar-refractivity contribution in [3.63, 3.8) is 0 Å². The van der Waals surface area contributed by atoms with Gasteiger partial charge >= 0.3 is 5.16 Å². The molecule has 0 aliphatic heterocycles. The molecule has 1 atom stereocenters. The third-order valence-corrected chi connectivity index (χ3v) is 3.74. The molecule has 3 rings (SSSR count). The minimum atomic E-state index is -1.29. The number of aromatic nitrogens is 3. The fourth-order valence-electron chi connectivity index (χ4n) is 2.11. The van der Waals surface area contributed by atoms with Gasteiger partial charge in [-0.3, -0.25) is 10.1 Å². The molecular formula is C13H10N4O3S. The van der Waals surface area contributed by atoms with Gasteiger partial charge < -0.3 is 9.12 Å². The van der Waals surface area contributed by atoms with Crippen LogP contribution in [0, 0.1) is 10.1 Å². The van der Waals surface area contributed by atoms with Gasteiger partial charge in [0.25, 0.3) is 5.69 Å². The number of non-ortho nitro benzene ring substituents is 1. The monoisotopic (exact) mass is 302 g/mol. The number of fused-ring (bicyclic) bond motifs is 1. The summed E-state index contributed by atoms with van der Waals surface area (Å²) in [5.74, 6) is 0.519. The van der Waals surface area contributed by atoms with Gasteiger partial charge in [-0.2, -0.15) is 9.97 Å². The Morgan fingerprint density at radius 1 is 1.29 bits per heavy atom. The van der Waals surface area contributed by atoms with E-state index in [-0.39, 0.29) is 10.8 Å². The maximum absolute atomic E-state index is 11.5. The Kier molecular flexibility index (Phi) is 3.32. The summed E-state index contributed by atoms with van der Waals surface area (Å²) in [6.45, 7) is 0. The van der Waals surface area contributed by atoms with Crippen LogP contribution in [0.1, 0.15) is 0 Å². The zero-order chi connectivity index (χ0) is 15.0. The molecule has 2 aromatic heterocycles.